The lowest BCUT2D eigenvalue weighted by Crippen LogP contribution is -2.35. The van der Waals surface area contributed by atoms with Crippen molar-refractivity contribution in [2.24, 2.45) is 5.92 Å². The van der Waals surface area contributed by atoms with E-state index in [-0.39, 0.29) is 11.9 Å². The first-order valence-corrected chi connectivity index (χ1v) is 5.99. The van der Waals surface area contributed by atoms with Crippen LogP contribution in [-0.2, 0) is 0 Å². The van der Waals surface area contributed by atoms with Gasteiger partial charge < -0.3 is 10.1 Å². The van der Waals surface area contributed by atoms with Gasteiger partial charge in [0.2, 0.25) is 0 Å². The molecule has 1 atom stereocenters. The first-order valence-electron chi connectivity index (χ1n) is 5.99. The highest BCUT2D eigenvalue weighted by molar-refractivity contribution is 5.25. The zero-order valence-corrected chi connectivity index (χ0v) is 9.88. The van der Waals surface area contributed by atoms with Gasteiger partial charge in [-0.25, -0.2) is 8.78 Å². The molecule has 0 aliphatic carbocycles. The van der Waals surface area contributed by atoms with Gasteiger partial charge in [0.15, 0.2) is 11.6 Å². The lowest BCUT2D eigenvalue weighted by molar-refractivity contribution is 0.122. The second-order valence-electron chi connectivity index (χ2n) is 4.49. The molecule has 1 saturated heterocycles. The molecule has 17 heavy (non-hydrogen) atoms. The summed E-state index contributed by atoms with van der Waals surface area (Å²) in [6, 6.07) is 3.30. The Bertz CT molecular complexity index is 378. The van der Waals surface area contributed by atoms with Crippen LogP contribution >= 0.6 is 0 Å². The van der Waals surface area contributed by atoms with Crippen molar-refractivity contribution in [1.29, 1.82) is 0 Å². The first kappa shape index (κ1) is 12.3. The normalized spacial score (nSPS) is 19.0. The fourth-order valence-corrected chi connectivity index (χ4v) is 2.18. The molecule has 1 heterocycles. The maximum atomic E-state index is 13.4. The molecule has 0 radical (unpaired) electrons. The molecule has 1 aliphatic rings. The van der Waals surface area contributed by atoms with E-state index in [9.17, 15) is 8.78 Å². The third-order valence-electron chi connectivity index (χ3n) is 3.25. The summed E-state index contributed by atoms with van der Waals surface area (Å²) in [7, 11) is 0. The van der Waals surface area contributed by atoms with Gasteiger partial charge in [-0.1, -0.05) is 0 Å². The highest BCUT2D eigenvalue weighted by Crippen LogP contribution is 2.24. The van der Waals surface area contributed by atoms with Crippen molar-refractivity contribution in [3.8, 4) is 5.75 Å². The summed E-state index contributed by atoms with van der Waals surface area (Å²) < 4.78 is 31.9. The highest BCUT2D eigenvalue weighted by Gasteiger charge is 2.22. The predicted molar refractivity (Wildman–Crippen MR) is 62.0 cm³/mol. The molecule has 0 bridgehead atoms. The summed E-state index contributed by atoms with van der Waals surface area (Å²) in [5, 5.41) is 3.26. The van der Waals surface area contributed by atoms with E-state index >= 15 is 0 Å². The van der Waals surface area contributed by atoms with Crippen LogP contribution in [0.15, 0.2) is 18.2 Å². The molecule has 0 aromatic heterocycles. The lowest BCUT2D eigenvalue weighted by Gasteiger charge is -2.28. The number of benzene rings is 1. The van der Waals surface area contributed by atoms with E-state index in [1.165, 1.54) is 0 Å². The molecule has 0 amide bonds. The first-order chi connectivity index (χ1) is 8.16. The fraction of sp³-hybridized carbons (Fsp3) is 0.538. The summed E-state index contributed by atoms with van der Waals surface area (Å²) in [6.45, 7) is 3.84. The molecule has 4 heteroatoms. The molecule has 1 unspecified atom stereocenters. The number of ether oxygens (including phenoxy) is 1. The minimum Gasteiger partial charge on any atom is -0.487 e. The molecular formula is C13H17F2NO. The Morgan fingerprint density at radius 3 is 2.71 bits per heavy atom. The molecule has 2 nitrogen and oxygen atoms in total. The summed E-state index contributed by atoms with van der Waals surface area (Å²) in [6.07, 6.45) is 1.93. The topological polar surface area (TPSA) is 21.3 Å². The van der Waals surface area contributed by atoms with Crippen molar-refractivity contribution in [2.45, 2.75) is 25.9 Å². The fourth-order valence-electron chi connectivity index (χ4n) is 2.18. The van der Waals surface area contributed by atoms with Crippen LogP contribution in [0.25, 0.3) is 0 Å². The van der Waals surface area contributed by atoms with Crippen LogP contribution in [0.1, 0.15) is 19.8 Å². The molecule has 0 spiro atoms. The standard InChI is InChI=1S/C13H17F2NO/c1-9(10-4-6-16-7-5-10)17-13-8-11(14)2-3-12(13)15/h2-3,8-10,16H,4-7H2,1H3. The molecule has 1 aromatic rings. The Balaban J connectivity index is 2.01. The van der Waals surface area contributed by atoms with Gasteiger partial charge >= 0.3 is 0 Å². The maximum absolute atomic E-state index is 13.4. The van der Waals surface area contributed by atoms with E-state index < -0.39 is 11.6 Å². The largest absolute Gasteiger partial charge is 0.487 e. The van der Waals surface area contributed by atoms with Crippen molar-refractivity contribution in [2.75, 3.05) is 13.1 Å². The predicted octanol–water partition coefficient (Wildman–Crippen LogP) is 2.73. The van der Waals surface area contributed by atoms with Gasteiger partial charge in [-0.05, 0) is 50.9 Å². The molecular weight excluding hydrogens is 224 g/mol. The van der Waals surface area contributed by atoms with Gasteiger partial charge in [-0.3, -0.25) is 0 Å². The van der Waals surface area contributed by atoms with Gasteiger partial charge in [-0.2, -0.15) is 0 Å². The van der Waals surface area contributed by atoms with Crippen LogP contribution in [0.5, 0.6) is 5.75 Å². The van der Waals surface area contributed by atoms with Crippen LogP contribution in [0.2, 0.25) is 0 Å². The van der Waals surface area contributed by atoms with Crippen LogP contribution in [-0.4, -0.2) is 19.2 Å². The van der Waals surface area contributed by atoms with Gasteiger partial charge in [0.1, 0.15) is 5.82 Å². The highest BCUT2D eigenvalue weighted by atomic mass is 19.1. The molecule has 94 valence electrons. The lowest BCUT2D eigenvalue weighted by atomic mass is 9.93. The van der Waals surface area contributed by atoms with Crippen molar-refractivity contribution in [3.05, 3.63) is 29.8 Å². The molecule has 2 rings (SSSR count). The smallest absolute Gasteiger partial charge is 0.165 e. The molecule has 1 N–H and O–H groups in total. The second-order valence-corrected chi connectivity index (χ2v) is 4.49. The Morgan fingerprint density at radius 2 is 2.00 bits per heavy atom. The number of hydrogen-bond donors (Lipinski definition) is 1. The molecule has 1 aromatic carbocycles. The number of rotatable bonds is 3. The Morgan fingerprint density at radius 1 is 1.29 bits per heavy atom. The summed E-state index contributed by atoms with van der Waals surface area (Å²) >= 11 is 0. The van der Waals surface area contributed by atoms with E-state index in [2.05, 4.69) is 5.32 Å². The SMILES string of the molecule is CC(Oc1cc(F)ccc1F)C1CCNCC1. The van der Waals surface area contributed by atoms with Crippen LogP contribution < -0.4 is 10.1 Å². The summed E-state index contributed by atoms with van der Waals surface area (Å²) in [4.78, 5) is 0. The quantitative estimate of drug-likeness (QED) is 0.878. The van der Waals surface area contributed by atoms with E-state index in [0.717, 1.165) is 44.1 Å². The average Bonchev–Trinajstić information content (AvgIpc) is 2.35. The van der Waals surface area contributed by atoms with Gasteiger partial charge in [-0.15, -0.1) is 0 Å². The van der Waals surface area contributed by atoms with E-state index in [4.69, 9.17) is 4.74 Å². The van der Waals surface area contributed by atoms with E-state index in [1.807, 2.05) is 6.92 Å². The maximum Gasteiger partial charge on any atom is 0.165 e. The monoisotopic (exact) mass is 241 g/mol. The van der Waals surface area contributed by atoms with Crippen molar-refractivity contribution in [1.82, 2.24) is 5.32 Å². The minimum absolute atomic E-state index is 0.0102. The Hall–Kier alpha value is -1.16. The molecule has 1 fully saturated rings. The van der Waals surface area contributed by atoms with Gasteiger partial charge in [0.25, 0.3) is 0 Å². The van der Waals surface area contributed by atoms with Crippen LogP contribution in [0.3, 0.4) is 0 Å². The summed E-state index contributed by atoms with van der Waals surface area (Å²) in [5.41, 5.74) is 0. The summed E-state index contributed by atoms with van der Waals surface area (Å²) in [5.74, 6) is -0.568. The minimum atomic E-state index is -0.507. The number of halogens is 2. The zero-order valence-electron chi connectivity index (χ0n) is 9.88. The molecule has 1 aliphatic heterocycles. The van der Waals surface area contributed by atoms with E-state index in [1.54, 1.807) is 0 Å². The van der Waals surface area contributed by atoms with Crippen molar-refractivity contribution < 1.29 is 13.5 Å². The zero-order chi connectivity index (χ0) is 12.3. The van der Waals surface area contributed by atoms with Crippen molar-refractivity contribution >= 4 is 0 Å². The second kappa shape index (κ2) is 5.45. The van der Waals surface area contributed by atoms with E-state index in [0.29, 0.717) is 5.92 Å². The number of hydrogen-bond acceptors (Lipinski definition) is 2. The average molecular weight is 241 g/mol. The van der Waals surface area contributed by atoms with Crippen molar-refractivity contribution in [3.63, 3.8) is 0 Å². The Labute approximate surface area is 100.0 Å². The third kappa shape index (κ3) is 3.16. The number of piperidine rings is 1. The van der Waals surface area contributed by atoms with Crippen LogP contribution in [0, 0.1) is 17.6 Å². The Kier molecular flexibility index (Phi) is 3.94. The van der Waals surface area contributed by atoms with Gasteiger partial charge in [0, 0.05) is 6.07 Å². The van der Waals surface area contributed by atoms with Crippen LogP contribution in [0.4, 0.5) is 8.78 Å². The molecule has 0 saturated carbocycles. The number of nitrogens with one attached hydrogen (secondary N) is 1. The van der Waals surface area contributed by atoms with Gasteiger partial charge in [0.05, 0.1) is 6.10 Å². The third-order valence-corrected chi connectivity index (χ3v) is 3.25.